The molecule has 0 spiro atoms. The van der Waals surface area contributed by atoms with E-state index in [1.54, 1.807) is 18.3 Å². The van der Waals surface area contributed by atoms with Crippen LogP contribution in [0, 0.1) is 12.7 Å². The fraction of sp³-hybridized carbons (Fsp3) is 0.200. The Morgan fingerprint density at radius 2 is 1.86 bits per heavy atom. The Morgan fingerprint density at radius 3 is 2.54 bits per heavy atom. The lowest BCUT2D eigenvalue weighted by atomic mass is 10.1. The molecule has 0 saturated heterocycles. The van der Waals surface area contributed by atoms with Crippen LogP contribution in [0.4, 0.5) is 10.2 Å². The second-order valence-corrected chi connectivity index (χ2v) is 6.51. The molecule has 0 atom stereocenters. The standard InChI is InChI=1S/C20H18FN5O2/c1-13-9-17(27-24-13)12-26(2)19-8-5-15(11-22-19)20-23-18(25-28-20)10-14-3-6-16(21)7-4-14/h3-9,11H,10,12H2,1-2H3. The Hall–Kier alpha value is -3.55. The van der Waals surface area contributed by atoms with E-state index in [-0.39, 0.29) is 5.82 Å². The van der Waals surface area contributed by atoms with Gasteiger partial charge in [0.15, 0.2) is 11.6 Å². The van der Waals surface area contributed by atoms with Gasteiger partial charge >= 0.3 is 0 Å². The molecule has 0 unspecified atom stereocenters. The molecule has 4 rings (SSSR count). The fourth-order valence-electron chi connectivity index (χ4n) is 2.77. The molecule has 0 amide bonds. The number of rotatable bonds is 6. The molecule has 8 heteroatoms. The maximum absolute atomic E-state index is 13.0. The Kier molecular flexibility index (Phi) is 4.84. The predicted molar refractivity (Wildman–Crippen MR) is 100 cm³/mol. The number of hydrogen-bond donors (Lipinski definition) is 0. The van der Waals surface area contributed by atoms with Crippen molar-refractivity contribution in [2.75, 3.05) is 11.9 Å². The van der Waals surface area contributed by atoms with E-state index in [4.69, 9.17) is 9.05 Å². The van der Waals surface area contributed by atoms with Crippen molar-refractivity contribution in [3.05, 3.63) is 77.3 Å². The third-order valence-electron chi connectivity index (χ3n) is 4.20. The van der Waals surface area contributed by atoms with Crippen LogP contribution < -0.4 is 4.90 Å². The number of hydrogen-bond acceptors (Lipinski definition) is 7. The van der Waals surface area contributed by atoms with Crippen LogP contribution in [0.5, 0.6) is 0 Å². The molecule has 3 heterocycles. The summed E-state index contributed by atoms with van der Waals surface area (Å²) in [5.41, 5.74) is 2.48. The lowest BCUT2D eigenvalue weighted by Crippen LogP contribution is -2.17. The summed E-state index contributed by atoms with van der Waals surface area (Å²) in [5.74, 6) is 2.21. The number of aryl methyl sites for hydroxylation is 1. The molecular weight excluding hydrogens is 361 g/mol. The summed E-state index contributed by atoms with van der Waals surface area (Å²) in [6.45, 7) is 2.45. The van der Waals surface area contributed by atoms with E-state index in [1.807, 2.05) is 37.1 Å². The molecule has 0 fully saturated rings. The van der Waals surface area contributed by atoms with Gasteiger partial charge in [0.1, 0.15) is 11.6 Å². The van der Waals surface area contributed by atoms with Gasteiger partial charge in [-0.1, -0.05) is 22.4 Å². The first-order valence-corrected chi connectivity index (χ1v) is 8.73. The highest BCUT2D eigenvalue weighted by molar-refractivity contribution is 5.54. The zero-order valence-corrected chi connectivity index (χ0v) is 15.5. The molecule has 0 radical (unpaired) electrons. The van der Waals surface area contributed by atoms with Crippen LogP contribution in [0.2, 0.25) is 0 Å². The maximum atomic E-state index is 13.0. The minimum absolute atomic E-state index is 0.271. The van der Waals surface area contributed by atoms with Gasteiger partial charge in [0.05, 0.1) is 17.8 Å². The summed E-state index contributed by atoms with van der Waals surface area (Å²) in [6.07, 6.45) is 2.15. The normalized spacial score (nSPS) is 11.0. The second-order valence-electron chi connectivity index (χ2n) is 6.51. The van der Waals surface area contributed by atoms with Crippen molar-refractivity contribution >= 4 is 5.82 Å². The van der Waals surface area contributed by atoms with E-state index in [2.05, 4.69) is 20.3 Å². The molecule has 0 bridgehead atoms. The molecule has 0 N–H and O–H groups in total. The largest absolute Gasteiger partial charge is 0.359 e. The van der Waals surface area contributed by atoms with E-state index in [0.29, 0.717) is 24.7 Å². The first-order valence-electron chi connectivity index (χ1n) is 8.73. The Bertz CT molecular complexity index is 1060. The van der Waals surface area contributed by atoms with Gasteiger partial charge in [-0.2, -0.15) is 4.98 Å². The van der Waals surface area contributed by atoms with Gasteiger partial charge in [-0.3, -0.25) is 0 Å². The van der Waals surface area contributed by atoms with Crippen molar-refractivity contribution < 1.29 is 13.4 Å². The fourth-order valence-corrected chi connectivity index (χ4v) is 2.77. The summed E-state index contributed by atoms with van der Waals surface area (Å²) < 4.78 is 23.6. The molecule has 3 aromatic heterocycles. The van der Waals surface area contributed by atoms with E-state index in [0.717, 1.165) is 28.4 Å². The topological polar surface area (TPSA) is 81.1 Å². The molecule has 0 aliphatic rings. The number of aromatic nitrogens is 4. The van der Waals surface area contributed by atoms with Crippen LogP contribution in [0.15, 0.2) is 57.7 Å². The summed E-state index contributed by atoms with van der Waals surface area (Å²) in [4.78, 5) is 10.8. The average Bonchev–Trinajstić information content (AvgIpc) is 3.33. The third kappa shape index (κ3) is 4.06. The quantitative estimate of drug-likeness (QED) is 0.504. The monoisotopic (exact) mass is 379 g/mol. The lowest BCUT2D eigenvalue weighted by molar-refractivity contribution is 0.379. The highest BCUT2D eigenvalue weighted by atomic mass is 19.1. The first kappa shape index (κ1) is 17.8. The molecule has 0 aliphatic heterocycles. The van der Waals surface area contributed by atoms with Crippen molar-refractivity contribution in [2.45, 2.75) is 19.9 Å². The predicted octanol–water partition coefficient (Wildman–Crippen LogP) is 3.79. The van der Waals surface area contributed by atoms with Crippen molar-refractivity contribution in [1.29, 1.82) is 0 Å². The average molecular weight is 379 g/mol. The number of benzene rings is 1. The van der Waals surface area contributed by atoms with Gasteiger partial charge < -0.3 is 13.9 Å². The summed E-state index contributed by atoms with van der Waals surface area (Å²) in [6, 6.07) is 11.9. The zero-order chi connectivity index (χ0) is 19.5. The van der Waals surface area contributed by atoms with E-state index < -0.39 is 0 Å². The van der Waals surface area contributed by atoms with Crippen molar-refractivity contribution in [3.63, 3.8) is 0 Å². The minimum atomic E-state index is -0.271. The van der Waals surface area contributed by atoms with Gasteiger partial charge in [-0.05, 0) is 36.8 Å². The number of anilines is 1. The van der Waals surface area contributed by atoms with Gasteiger partial charge in [-0.15, -0.1) is 0 Å². The number of nitrogens with zero attached hydrogens (tertiary/aromatic N) is 5. The minimum Gasteiger partial charge on any atom is -0.359 e. The van der Waals surface area contributed by atoms with Gasteiger partial charge in [0.2, 0.25) is 0 Å². The molecule has 0 aliphatic carbocycles. The van der Waals surface area contributed by atoms with Crippen LogP contribution in [-0.2, 0) is 13.0 Å². The third-order valence-corrected chi connectivity index (χ3v) is 4.20. The Balaban J connectivity index is 1.43. The van der Waals surface area contributed by atoms with Crippen LogP contribution in [0.25, 0.3) is 11.5 Å². The molecular formula is C20H18FN5O2. The van der Waals surface area contributed by atoms with Gasteiger partial charge in [0, 0.05) is 25.7 Å². The Morgan fingerprint density at radius 1 is 1.04 bits per heavy atom. The highest BCUT2D eigenvalue weighted by Crippen LogP contribution is 2.21. The number of halogens is 1. The van der Waals surface area contributed by atoms with Gasteiger partial charge in [-0.25, -0.2) is 9.37 Å². The SMILES string of the molecule is Cc1cc(CN(C)c2ccc(-c3nc(Cc4ccc(F)cc4)no3)cn2)on1. The molecule has 1 aromatic carbocycles. The lowest BCUT2D eigenvalue weighted by Gasteiger charge is -2.16. The smallest absolute Gasteiger partial charge is 0.259 e. The molecule has 4 aromatic rings. The van der Waals surface area contributed by atoms with Crippen molar-refractivity contribution in [1.82, 2.24) is 20.3 Å². The zero-order valence-electron chi connectivity index (χ0n) is 15.5. The van der Waals surface area contributed by atoms with Crippen LogP contribution in [0.3, 0.4) is 0 Å². The van der Waals surface area contributed by atoms with E-state index in [1.165, 1.54) is 12.1 Å². The summed E-state index contributed by atoms with van der Waals surface area (Å²) in [5, 5.41) is 7.87. The van der Waals surface area contributed by atoms with Crippen molar-refractivity contribution in [3.8, 4) is 11.5 Å². The van der Waals surface area contributed by atoms with E-state index in [9.17, 15) is 4.39 Å². The molecule has 7 nitrogen and oxygen atoms in total. The Labute approximate surface area is 160 Å². The van der Waals surface area contributed by atoms with Crippen molar-refractivity contribution in [2.24, 2.45) is 0 Å². The van der Waals surface area contributed by atoms with Crippen LogP contribution in [-0.4, -0.2) is 27.3 Å². The van der Waals surface area contributed by atoms with E-state index >= 15 is 0 Å². The van der Waals surface area contributed by atoms with Crippen LogP contribution >= 0.6 is 0 Å². The first-order chi connectivity index (χ1) is 13.6. The number of pyridine rings is 1. The molecule has 0 saturated carbocycles. The molecule has 28 heavy (non-hydrogen) atoms. The second kappa shape index (κ2) is 7.59. The summed E-state index contributed by atoms with van der Waals surface area (Å²) in [7, 11) is 1.92. The van der Waals surface area contributed by atoms with Gasteiger partial charge in [0.25, 0.3) is 5.89 Å². The molecule has 142 valence electrons. The maximum Gasteiger partial charge on any atom is 0.259 e. The van der Waals surface area contributed by atoms with Crippen LogP contribution in [0.1, 0.15) is 22.8 Å². The highest BCUT2D eigenvalue weighted by Gasteiger charge is 2.12. The summed E-state index contributed by atoms with van der Waals surface area (Å²) >= 11 is 0.